The zero-order valence-electron chi connectivity index (χ0n) is 14.9. The Morgan fingerprint density at radius 2 is 1.88 bits per heavy atom. The lowest BCUT2D eigenvalue weighted by molar-refractivity contribution is 0.102. The van der Waals surface area contributed by atoms with Gasteiger partial charge in [0, 0.05) is 18.3 Å². The number of rotatable bonds is 7. The number of unbranched alkanes of at least 4 members (excludes halogenated alkanes) is 2. The molecule has 0 saturated carbocycles. The summed E-state index contributed by atoms with van der Waals surface area (Å²) < 4.78 is 0. The lowest BCUT2D eigenvalue weighted by Crippen LogP contribution is -2.16. The molecule has 0 unspecified atom stereocenters. The summed E-state index contributed by atoms with van der Waals surface area (Å²) in [6.45, 7) is 8.79. The fraction of sp³-hybridized carbons (Fsp3) is 0.421. The van der Waals surface area contributed by atoms with Crippen molar-refractivity contribution in [3.63, 3.8) is 0 Å². The van der Waals surface area contributed by atoms with E-state index in [0.29, 0.717) is 17.3 Å². The van der Waals surface area contributed by atoms with E-state index < -0.39 is 0 Å². The first-order valence-electron chi connectivity index (χ1n) is 8.47. The molecule has 1 aromatic carbocycles. The van der Waals surface area contributed by atoms with Crippen molar-refractivity contribution in [3.05, 3.63) is 46.9 Å². The first kappa shape index (κ1) is 17.9. The van der Waals surface area contributed by atoms with Crippen LogP contribution in [-0.4, -0.2) is 22.4 Å². The number of nitrogens with one attached hydrogen (secondary N) is 2. The summed E-state index contributed by atoms with van der Waals surface area (Å²) in [6.07, 6.45) is 3.44. The van der Waals surface area contributed by atoms with Gasteiger partial charge >= 0.3 is 0 Å². The SMILES string of the molecule is CCCCCNc1cc(C(=O)Nc2cc(C)ccc2C)nc(C)n1. The molecule has 0 spiro atoms. The first-order valence-corrected chi connectivity index (χ1v) is 8.47. The molecule has 2 N–H and O–H groups in total. The maximum absolute atomic E-state index is 12.5. The molecule has 1 amide bonds. The molecule has 0 fully saturated rings. The number of hydrogen-bond donors (Lipinski definition) is 2. The van der Waals surface area contributed by atoms with E-state index in [1.165, 1.54) is 12.8 Å². The Bertz CT molecular complexity index is 713. The fourth-order valence-electron chi connectivity index (χ4n) is 2.42. The highest BCUT2D eigenvalue weighted by Crippen LogP contribution is 2.17. The van der Waals surface area contributed by atoms with Crippen LogP contribution in [-0.2, 0) is 0 Å². The smallest absolute Gasteiger partial charge is 0.274 e. The van der Waals surface area contributed by atoms with Crippen LogP contribution >= 0.6 is 0 Å². The van der Waals surface area contributed by atoms with Gasteiger partial charge in [0.05, 0.1) is 0 Å². The van der Waals surface area contributed by atoms with Crippen molar-refractivity contribution in [1.82, 2.24) is 9.97 Å². The molecular formula is C19H26N4O. The van der Waals surface area contributed by atoms with E-state index in [-0.39, 0.29) is 5.91 Å². The van der Waals surface area contributed by atoms with Crippen molar-refractivity contribution in [3.8, 4) is 0 Å². The number of amides is 1. The molecular weight excluding hydrogens is 300 g/mol. The number of benzene rings is 1. The van der Waals surface area contributed by atoms with Crippen molar-refractivity contribution in [2.75, 3.05) is 17.2 Å². The highest BCUT2D eigenvalue weighted by atomic mass is 16.1. The third-order valence-corrected chi connectivity index (χ3v) is 3.80. The monoisotopic (exact) mass is 326 g/mol. The topological polar surface area (TPSA) is 66.9 Å². The summed E-state index contributed by atoms with van der Waals surface area (Å²) >= 11 is 0. The Balaban J connectivity index is 2.11. The van der Waals surface area contributed by atoms with Crippen LogP contribution in [0.15, 0.2) is 24.3 Å². The lowest BCUT2D eigenvalue weighted by atomic mass is 10.1. The van der Waals surface area contributed by atoms with Crippen LogP contribution in [0.4, 0.5) is 11.5 Å². The second-order valence-electron chi connectivity index (χ2n) is 6.09. The fourth-order valence-corrected chi connectivity index (χ4v) is 2.42. The Morgan fingerprint density at radius 1 is 1.08 bits per heavy atom. The molecule has 0 aliphatic carbocycles. The second-order valence-corrected chi connectivity index (χ2v) is 6.09. The average molecular weight is 326 g/mol. The number of aryl methyl sites for hydroxylation is 3. The van der Waals surface area contributed by atoms with Crippen LogP contribution in [0.2, 0.25) is 0 Å². The van der Waals surface area contributed by atoms with Crippen molar-refractivity contribution < 1.29 is 4.79 Å². The Labute approximate surface area is 143 Å². The molecule has 5 heteroatoms. The van der Waals surface area contributed by atoms with Crippen LogP contribution in [0.1, 0.15) is 53.6 Å². The Morgan fingerprint density at radius 3 is 2.62 bits per heavy atom. The van der Waals surface area contributed by atoms with E-state index in [9.17, 15) is 4.79 Å². The van der Waals surface area contributed by atoms with E-state index in [4.69, 9.17) is 0 Å². The minimum atomic E-state index is -0.217. The van der Waals surface area contributed by atoms with Crippen LogP contribution in [0.25, 0.3) is 0 Å². The molecule has 0 aliphatic rings. The first-order chi connectivity index (χ1) is 11.5. The van der Waals surface area contributed by atoms with Gasteiger partial charge in [-0.2, -0.15) is 0 Å². The Kier molecular flexibility index (Phi) is 6.29. The quantitative estimate of drug-likeness (QED) is 0.746. The van der Waals surface area contributed by atoms with Gasteiger partial charge < -0.3 is 10.6 Å². The number of hydrogen-bond acceptors (Lipinski definition) is 4. The van der Waals surface area contributed by atoms with Gasteiger partial charge in [-0.1, -0.05) is 31.9 Å². The second kappa shape index (κ2) is 8.43. The highest BCUT2D eigenvalue weighted by molar-refractivity contribution is 6.03. The van der Waals surface area contributed by atoms with E-state index in [0.717, 1.165) is 29.8 Å². The number of aromatic nitrogens is 2. The molecule has 2 rings (SSSR count). The maximum atomic E-state index is 12.5. The summed E-state index contributed by atoms with van der Waals surface area (Å²) in [5.41, 5.74) is 3.32. The normalized spacial score (nSPS) is 10.5. The van der Waals surface area contributed by atoms with Crippen LogP contribution in [0, 0.1) is 20.8 Å². The van der Waals surface area contributed by atoms with Crippen LogP contribution in [0.3, 0.4) is 0 Å². The molecule has 0 atom stereocenters. The van der Waals surface area contributed by atoms with Gasteiger partial charge in [0.2, 0.25) is 0 Å². The number of carbonyl (C=O) groups excluding carboxylic acids is 1. The van der Waals surface area contributed by atoms with Crippen molar-refractivity contribution in [1.29, 1.82) is 0 Å². The average Bonchev–Trinajstić information content (AvgIpc) is 2.54. The van der Waals surface area contributed by atoms with Crippen molar-refractivity contribution in [2.24, 2.45) is 0 Å². The standard InChI is InChI=1S/C19H26N4O/c1-5-6-7-10-20-18-12-17(21-15(4)22-18)19(24)23-16-11-13(2)8-9-14(16)3/h8-9,11-12H,5-7,10H2,1-4H3,(H,23,24)(H,20,21,22). The van der Waals surface area contributed by atoms with Crippen LogP contribution < -0.4 is 10.6 Å². The Hall–Kier alpha value is -2.43. The van der Waals surface area contributed by atoms with E-state index >= 15 is 0 Å². The summed E-state index contributed by atoms with van der Waals surface area (Å²) in [5, 5.41) is 6.21. The van der Waals surface area contributed by atoms with Gasteiger partial charge in [0.15, 0.2) is 0 Å². The predicted octanol–water partition coefficient (Wildman–Crippen LogP) is 4.26. The van der Waals surface area contributed by atoms with Gasteiger partial charge in [-0.25, -0.2) is 9.97 Å². The molecule has 0 radical (unpaired) electrons. The third-order valence-electron chi connectivity index (χ3n) is 3.80. The predicted molar refractivity (Wildman–Crippen MR) is 98.7 cm³/mol. The largest absolute Gasteiger partial charge is 0.370 e. The summed E-state index contributed by atoms with van der Waals surface area (Å²) in [4.78, 5) is 21.1. The molecule has 1 heterocycles. The van der Waals surface area contributed by atoms with E-state index in [2.05, 4.69) is 27.5 Å². The zero-order chi connectivity index (χ0) is 17.5. The number of nitrogens with zero attached hydrogens (tertiary/aromatic N) is 2. The van der Waals surface area contributed by atoms with Gasteiger partial charge in [0.1, 0.15) is 17.3 Å². The summed E-state index contributed by atoms with van der Waals surface area (Å²) in [7, 11) is 0. The van der Waals surface area contributed by atoms with Crippen molar-refractivity contribution in [2.45, 2.75) is 47.0 Å². The third kappa shape index (κ3) is 5.05. The summed E-state index contributed by atoms with van der Waals surface area (Å²) in [5.74, 6) is 1.07. The van der Waals surface area contributed by atoms with Crippen molar-refractivity contribution >= 4 is 17.4 Å². The van der Waals surface area contributed by atoms with Gasteiger partial charge in [-0.05, 0) is 44.4 Å². The lowest BCUT2D eigenvalue weighted by Gasteiger charge is -2.11. The maximum Gasteiger partial charge on any atom is 0.274 e. The molecule has 5 nitrogen and oxygen atoms in total. The molecule has 0 bridgehead atoms. The molecule has 2 aromatic rings. The minimum Gasteiger partial charge on any atom is -0.370 e. The van der Waals surface area contributed by atoms with E-state index in [1.54, 1.807) is 13.0 Å². The summed E-state index contributed by atoms with van der Waals surface area (Å²) in [6, 6.07) is 7.69. The molecule has 24 heavy (non-hydrogen) atoms. The highest BCUT2D eigenvalue weighted by Gasteiger charge is 2.12. The van der Waals surface area contributed by atoms with Crippen LogP contribution in [0.5, 0.6) is 0 Å². The van der Waals surface area contributed by atoms with Gasteiger partial charge in [0.25, 0.3) is 5.91 Å². The van der Waals surface area contributed by atoms with Gasteiger partial charge in [-0.15, -0.1) is 0 Å². The van der Waals surface area contributed by atoms with Gasteiger partial charge in [-0.3, -0.25) is 4.79 Å². The minimum absolute atomic E-state index is 0.217. The molecule has 1 aromatic heterocycles. The number of carbonyl (C=O) groups is 1. The van der Waals surface area contributed by atoms with E-state index in [1.807, 2.05) is 32.0 Å². The molecule has 128 valence electrons. The number of anilines is 2. The molecule has 0 aliphatic heterocycles. The zero-order valence-corrected chi connectivity index (χ0v) is 14.9. The molecule has 0 saturated heterocycles.